The summed E-state index contributed by atoms with van der Waals surface area (Å²) in [5.41, 5.74) is 0. The quantitative estimate of drug-likeness (QED) is 0.761. The molecule has 0 radical (unpaired) electrons. The highest BCUT2D eigenvalue weighted by atomic mass is 15.2. The summed E-state index contributed by atoms with van der Waals surface area (Å²) in [5, 5.41) is 3.71. The molecule has 1 unspecified atom stereocenters. The maximum Gasteiger partial charge on any atom is 0.0235 e. The zero-order chi connectivity index (χ0) is 10.3. The van der Waals surface area contributed by atoms with Gasteiger partial charge in [0.15, 0.2) is 0 Å². The Morgan fingerprint density at radius 1 is 1.27 bits per heavy atom. The van der Waals surface area contributed by atoms with Gasteiger partial charge in [0.05, 0.1) is 0 Å². The maximum absolute atomic E-state index is 3.71. The normalized spacial score (nSPS) is 39.0. The summed E-state index contributed by atoms with van der Waals surface area (Å²) in [6, 6.07) is 1.74. The molecule has 2 nitrogen and oxygen atoms in total. The van der Waals surface area contributed by atoms with Crippen molar-refractivity contribution in [2.45, 2.75) is 51.1 Å². The van der Waals surface area contributed by atoms with Gasteiger partial charge in [0, 0.05) is 25.2 Å². The topological polar surface area (TPSA) is 15.3 Å². The second-order valence-corrected chi connectivity index (χ2v) is 5.73. The molecule has 1 saturated carbocycles. The van der Waals surface area contributed by atoms with Crippen LogP contribution >= 0.6 is 0 Å². The van der Waals surface area contributed by atoms with Crippen molar-refractivity contribution in [1.29, 1.82) is 0 Å². The number of hydrogen-bond acceptors (Lipinski definition) is 2. The van der Waals surface area contributed by atoms with Crippen molar-refractivity contribution in [2.75, 3.05) is 19.6 Å². The zero-order valence-corrected chi connectivity index (χ0v) is 9.91. The fraction of sp³-hybridized carbons (Fsp3) is 1.00. The average Bonchev–Trinajstić information content (AvgIpc) is 2.99. The van der Waals surface area contributed by atoms with E-state index >= 15 is 0 Å². The molecular weight excluding hydrogens is 184 g/mol. The van der Waals surface area contributed by atoms with E-state index in [1.165, 1.54) is 51.7 Å². The predicted molar refractivity (Wildman–Crippen MR) is 62.9 cm³/mol. The number of nitrogens with one attached hydrogen (secondary N) is 1. The second kappa shape index (κ2) is 4.06. The van der Waals surface area contributed by atoms with Crippen LogP contribution in [0.4, 0.5) is 0 Å². The molecule has 15 heavy (non-hydrogen) atoms. The van der Waals surface area contributed by atoms with Crippen molar-refractivity contribution >= 4 is 0 Å². The Hall–Kier alpha value is -0.0800. The molecular formula is C13H24N2. The minimum atomic E-state index is 0.826. The highest BCUT2D eigenvalue weighted by Crippen LogP contribution is 2.39. The van der Waals surface area contributed by atoms with Gasteiger partial charge in [0.1, 0.15) is 0 Å². The fourth-order valence-electron chi connectivity index (χ4n) is 3.72. The van der Waals surface area contributed by atoms with Gasteiger partial charge in [-0.3, -0.25) is 4.90 Å². The lowest BCUT2D eigenvalue weighted by Crippen LogP contribution is -2.41. The molecule has 0 spiro atoms. The van der Waals surface area contributed by atoms with E-state index in [4.69, 9.17) is 0 Å². The minimum absolute atomic E-state index is 0.826. The number of piperidine rings is 1. The summed E-state index contributed by atoms with van der Waals surface area (Å²) in [4.78, 5) is 2.80. The number of nitrogens with zero attached hydrogens (tertiary/aromatic N) is 1. The molecule has 2 saturated heterocycles. The van der Waals surface area contributed by atoms with Crippen LogP contribution in [0.5, 0.6) is 0 Å². The van der Waals surface area contributed by atoms with E-state index < -0.39 is 0 Å². The molecule has 0 aromatic heterocycles. The first-order valence-electron chi connectivity index (χ1n) is 6.86. The third kappa shape index (κ3) is 1.94. The van der Waals surface area contributed by atoms with Crippen LogP contribution in [-0.2, 0) is 0 Å². The lowest BCUT2D eigenvalue weighted by Gasteiger charge is -2.26. The van der Waals surface area contributed by atoms with E-state index in [-0.39, 0.29) is 0 Å². The molecule has 0 bridgehead atoms. The van der Waals surface area contributed by atoms with Crippen LogP contribution in [0.2, 0.25) is 0 Å². The first-order chi connectivity index (χ1) is 7.38. The Labute approximate surface area is 93.4 Å². The van der Waals surface area contributed by atoms with Gasteiger partial charge >= 0.3 is 0 Å². The van der Waals surface area contributed by atoms with Gasteiger partial charge < -0.3 is 5.32 Å². The molecule has 2 heteroatoms. The fourth-order valence-corrected chi connectivity index (χ4v) is 3.72. The third-order valence-electron chi connectivity index (χ3n) is 4.68. The average molecular weight is 208 g/mol. The van der Waals surface area contributed by atoms with E-state index in [1.54, 1.807) is 0 Å². The number of fused-ring (bicyclic) bond motifs is 1. The first-order valence-corrected chi connectivity index (χ1v) is 6.86. The second-order valence-electron chi connectivity index (χ2n) is 5.73. The monoisotopic (exact) mass is 208 g/mol. The maximum atomic E-state index is 3.71. The lowest BCUT2D eigenvalue weighted by atomic mass is 9.94. The summed E-state index contributed by atoms with van der Waals surface area (Å²) >= 11 is 0. The van der Waals surface area contributed by atoms with Gasteiger partial charge in [-0.05, 0) is 50.5 Å². The summed E-state index contributed by atoms with van der Waals surface area (Å²) in [7, 11) is 0. The highest BCUT2D eigenvalue weighted by molar-refractivity contribution is 4.97. The van der Waals surface area contributed by atoms with Crippen LogP contribution < -0.4 is 5.32 Å². The van der Waals surface area contributed by atoms with Crippen LogP contribution in [-0.4, -0.2) is 36.6 Å². The van der Waals surface area contributed by atoms with E-state index in [9.17, 15) is 0 Å². The summed E-state index contributed by atoms with van der Waals surface area (Å²) in [6.07, 6.45) is 7.23. The highest BCUT2D eigenvalue weighted by Gasteiger charge is 2.41. The Balaban J connectivity index is 1.63. The Bertz CT molecular complexity index is 211. The smallest absolute Gasteiger partial charge is 0.0235 e. The Kier molecular flexibility index (Phi) is 2.73. The molecule has 3 rings (SSSR count). The van der Waals surface area contributed by atoms with Gasteiger partial charge in [-0.25, -0.2) is 0 Å². The van der Waals surface area contributed by atoms with Crippen molar-refractivity contribution in [3.05, 3.63) is 0 Å². The predicted octanol–water partition coefficient (Wildman–Crippen LogP) is 1.86. The molecule has 86 valence electrons. The minimum Gasteiger partial charge on any atom is -0.312 e. The SMILES string of the molecule is CCC(C1CC1)N1C[C@@H]2CCCN[C@@H]2C1. The van der Waals surface area contributed by atoms with Crippen molar-refractivity contribution < 1.29 is 0 Å². The van der Waals surface area contributed by atoms with Crippen LogP contribution in [0.25, 0.3) is 0 Å². The van der Waals surface area contributed by atoms with Crippen molar-refractivity contribution in [3.8, 4) is 0 Å². The molecule has 2 aliphatic heterocycles. The zero-order valence-electron chi connectivity index (χ0n) is 9.91. The van der Waals surface area contributed by atoms with E-state index in [0.29, 0.717) is 0 Å². The largest absolute Gasteiger partial charge is 0.312 e. The molecule has 3 atom stereocenters. The Morgan fingerprint density at radius 2 is 2.13 bits per heavy atom. The number of hydrogen-bond donors (Lipinski definition) is 1. The molecule has 1 N–H and O–H groups in total. The van der Waals surface area contributed by atoms with E-state index in [2.05, 4.69) is 17.1 Å². The first kappa shape index (κ1) is 10.1. The molecule has 3 fully saturated rings. The van der Waals surface area contributed by atoms with Crippen LogP contribution in [0.1, 0.15) is 39.0 Å². The number of likely N-dealkylation sites (tertiary alicyclic amines) is 1. The standard InChI is InChI=1S/C13H24N2/c1-2-13(10-5-6-10)15-8-11-4-3-7-14-12(11)9-15/h10-14H,2-9H2,1H3/t11-,12+,13?/m0/s1. The van der Waals surface area contributed by atoms with Gasteiger partial charge in [0.25, 0.3) is 0 Å². The molecule has 0 aromatic rings. The summed E-state index contributed by atoms with van der Waals surface area (Å²) in [5.74, 6) is 2.02. The van der Waals surface area contributed by atoms with Crippen molar-refractivity contribution in [1.82, 2.24) is 10.2 Å². The van der Waals surface area contributed by atoms with Crippen LogP contribution in [0, 0.1) is 11.8 Å². The number of rotatable bonds is 3. The van der Waals surface area contributed by atoms with Crippen molar-refractivity contribution in [2.24, 2.45) is 11.8 Å². The molecule has 0 aromatic carbocycles. The molecule has 2 heterocycles. The summed E-state index contributed by atoms with van der Waals surface area (Å²) < 4.78 is 0. The van der Waals surface area contributed by atoms with Crippen LogP contribution in [0.3, 0.4) is 0 Å². The van der Waals surface area contributed by atoms with Crippen molar-refractivity contribution in [3.63, 3.8) is 0 Å². The van der Waals surface area contributed by atoms with E-state index in [1.807, 2.05) is 0 Å². The lowest BCUT2D eigenvalue weighted by molar-refractivity contribution is 0.203. The van der Waals surface area contributed by atoms with E-state index in [0.717, 1.165) is 23.9 Å². The van der Waals surface area contributed by atoms with Crippen LogP contribution in [0.15, 0.2) is 0 Å². The van der Waals surface area contributed by atoms with Gasteiger partial charge in [-0.2, -0.15) is 0 Å². The molecule has 0 amide bonds. The summed E-state index contributed by atoms with van der Waals surface area (Å²) in [6.45, 7) is 6.35. The van der Waals surface area contributed by atoms with Gasteiger partial charge in [-0.1, -0.05) is 6.92 Å². The van der Waals surface area contributed by atoms with Gasteiger partial charge in [0.2, 0.25) is 0 Å². The molecule has 3 aliphatic rings. The molecule has 1 aliphatic carbocycles. The van der Waals surface area contributed by atoms with Gasteiger partial charge in [-0.15, -0.1) is 0 Å². The third-order valence-corrected chi connectivity index (χ3v) is 4.68. The Morgan fingerprint density at radius 3 is 2.80 bits per heavy atom.